The second-order valence-electron chi connectivity index (χ2n) is 7.20. The zero-order valence-corrected chi connectivity index (χ0v) is 17.9. The van der Waals surface area contributed by atoms with E-state index in [2.05, 4.69) is 10.0 Å². The van der Waals surface area contributed by atoms with Crippen molar-refractivity contribution in [3.05, 3.63) is 59.2 Å². The number of carbonyl (C=O) groups is 2. The highest BCUT2D eigenvalue weighted by atomic mass is 32.2. The lowest BCUT2D eigenvalue weighted by molar-refractivity contribution is -0.119. The van der Waals surface area contributed by atoms with E-state index >= 15 is 0 Å². The van der Waals surface area contributed by atoms with Crippen LogP contribution >= 0.6 is 0 Å². The maximum absolute atomic E-state index is 12.3. The number of para-hydroxylation sites is 1. The van der Waals surface area contributed by atoms with Crippen molar-refractivity contribution in [2.45, 2.75) is 50.5 Å². The Kier molecular flexibility index (Phi) is 6.89. The summed E-state index contributed by atoms with van der Waals surface area (Å²) in [7, 11) is -3.58. The average Bonchev–Trinajstić information content (AvgIpc) is 3.55. The summed E-state index contributed by atoms with van der Waals surface area (Å²) in [6.07, 6.45) is 3.23. The van der Waals surface area contributed by atoms with Gasteiger partial charge in [0.1, 0.15) is 0 Å². The predicted octanol–water partition coefficient (Wildman–Crippen LogP) is 3.05. The standard InChI is InChI=1S/C22H26N2O5S/c1-3-15-6-5-7-16(4-2)21(15)23-20(25)14-29-22(26)17-8-12-19(13-9-17)30(27,28)24-18-10-11-18/h5-9,12-13,18,24H,3-4,10-11,14H2,1-2H3,(H,23,25). The van der Waals surface area contributed by atoms with Crippen molar-refractivity contribution in [3.8, 4) is 0 Å². The first-order valence-electron chi connectivity index (χ1n) is 10.0. The number of sulfonamides is 1. The van der Waals surface area contributed by atoms with Crippen LogP contribution in [0.1, 0.15) is 48.2 Å². The second-order valence-corrected chi connectivity index (χ2v) is 8.92. The van der Waals surface area contributed by atoms with E-state index in [0.717, 1.165) is 42.5 Å². The second kappa shape index (κ2) is 9.40. The van der Waals surface area contributed by atoms with Gasteiger partial charge in [-0.15, -0.1) is 0 Å². The minimum absolute atomic E-state index is 0.00390. The van der Waals surface area contributed by atoms with Crippen molar-refractivity contribution < 1.29 is 22.7 Å². The van der Waals surface area contributed by atoms with E-state index in [-0.39, 0.29) is 16.5 Å². The molecule has 160 valence electrons. The van der Waals surface area contributed by atoms with Gasteiger partial charge in [0.2, 0.25) is 10.0 Å². The van der Waals surface area contributed by atoms with Crippen LogP contribution in [0.15, 0.2) is 47.4 Å². The Morgan fingerprint density at radius 3 is 2.13 bits per heavy atom. The SMILES string of the molecule is CCc1cccc(CC)c1NC(=O)COC(=O)c1ccc(S(=O)(=O)NC2CC2)cc1. The number of carbonyl (C=O) groups excluding carboxylic acids is 2. The quantitative estimate of drug-likeness (QED) is 0.596. The molecular weight excluding hydrogens is 404 g/mol. The fourth-order valence-electron chi connectivity index (χ4n) is 3.05. The van der Waals surface area contributed by atoms with E-state index in [1.54, 1.807) is 0 Å². The van der Waals surface area contributed by atoms with Gasteiger partial charge >= 0.3 is 5.97 Å². The molecule has 0 radical (unpaired) electrons. The lowest BCUT2D eigenvalue weighted by Gasteiger charge is -2.14. The number of hydrogen-bond acceptors (Lipinski definition) is 5. The number of aryl methyl sites for hydroxylation is 2. The molecule has 3 rings (SSSR count). The number of benzene rings is 2. The molecule has 2 aromatic carbocycles. The van der Waals surface area contributed by atoms with Crippen LogP contribution in [0.2, 0.25) is 0 Å². The maximum atomic E-state index is 12.3. The monoisotopic (exact) mass is 430 g/mol. The molecule has 0 aromatic heterocycles. The van der Waals surface area contributed by atoms with E-state index in [4.69, 9.17) is 4.74 Å². The summed E-state index contributed by atoms with van der Waals surface area (Å²) >= 11 is 0. The molecule has 1 saturated carbocycles. The third-order valence-electron chi connectivity index (χ3n) is 4.90. The molecule has 0 spiro atoms. The summed E-state index contributed by atoms with van der Waals surface area (Å²) in [6, 6.07) is 11.3. The van der Waals surface area contributed by atoms with Crippen LogP contribution in [-0.4, -0.2) is 32.9 Å². The van der Waals surface area contributed by atoms with Crippen LogP contribution in [0, 0.1) is 0 Å². The summed E-state index contributed by atoms with van der Waals surface area (Å²) in [6.45, 7) is 3.59. The molecular formula is C22H26N2O5S. The Bertz CT molecular complexity index is 1010. The lowest BCUT2D eigenvalue weighted by Crippen LogP contribution is -2.25. The van der Waals surface area contributed by atoms with Gasteiger partial charge in [-0.3, -0.25) is 4.79 Å². The van der Waals surface area contributed by atoms with Crippen molar-refractivity contribution in [2.75, 3.05) is 11.9 Å². The van der Waals surface area contributed by atoms with Gasteiger partial charge in [-0.2, -0.15) is 0 Å². The molecule has 0 heterocycles. The number of rotatable bonds is 9. The van der Waals surface area contributed by atoms with Gasteiger partial charge in [0.15, 0.2) is 6.61 Å². The minimum Gasteiger partial charge on any atom is -0.452 e. The summed E-state index contributed by atoms with van der Waals surface area (Å²) in [5.41, 5.74) is 2.98. The molecule has 8 heteroatoms. The number of amides is 1. The van der Waals surface area contributed by atoms with Crippen LogP contribution in [0.5, 0.6) is 0 Å². The Labute approximate surface area is 176 Å². The fourth-order valence-corrected chi connectivity index (χ4v) is 4.36. The number of ether oxygens (including phenoxy) is 1. The highest BCUT2D eigenvalue weighted by molar-refractivity contribution is 7.89. The summed E-state index contributed by atoms with van der Waals surface area (Å²) < 4.78 is 32.0. The van der Waals surface area contributed by atoms with E-state index in [1.807, 2.05) is 32.0 Å². The average molecular weight is 431 g/mol. The molecule has 2 aromatic rings. The first kappa shape index (κ1) is 22.0. The van der Waals surface area contributed by atoms with Crippen molar-refractivity contribution in [3.63, 3.8) is 0 Å². The van der Waals surface area contributed by atoms with E-state index < -0.39 is 28.5 Å². The summed E-state index contributed by atoms with van der Waals surface area (Å²) in [5, 5.41) is 2.84. The van der Waals surface area contributed by atoms with Gasteiger partial charge < -0.3 is 10.1 Å². The smallest absolute Gasteiger partial charge is 0.338 e. The zero-order chi connectivity index (χ0) is 21.7. The Hall–Kier alpha value is -2.71. The maximum Gasteiger partial charge on any atom is 0.338 e. The highest BCUT2D eigenvalue weighted by Gasteiger charge is 2.28. The van der Waals surface area contributed by atoms with Crippen molar-refractivity contribution in [1.29, 1.82) is 0 Å². The summed E-state index contributed by atoms with van der Waals surface area (Å²) in [5.74, 6) is -1.12. The molecule has 0 saturated heterocycles. The third-order valence-corrected chi connectivity index (χ3v) is 6.43. The molecule has 7 nitrogen and oxygen atoms in total. The fraction of sp³-hybridized carbons (Fsp3) is 0.364. The molecule has 0 bridgehead atoms. The molecule has 1 amide bonds. The van der Waals surface area contributed by atoms with Crippen LogP contribution < -0.4 is 10.0 Å². The van der Waals surface area contributed by atoms with Crippen molar-refractivity contribution in [1.82, 2.24) is 4.72 Å². The summed E-state index contributed by atoms with van der Waals surface area (Å²) in [4.78, 5) is 24.6. The largest absolute Gasteiger partial charge is 0.452 e. The van der Waals surface area contributed by atoms with Gasteiger partial charge in [0, 0.05) is 11.7 Å². The Morgan fingerprint density at radius 2 is 1.60 bits per heavy atom. The molecule has 0 atom stereocenters. The van der Waals surface area contributed by atoms with Crippen molar-refractivity contribution in [2.24, 2.45) is 0 Å². The lowest BCUT2D eigenvalue weighted by atomic mass is 10.0. The van der Waals surface area contributed by atoms with E-state index in [0.29, 0.717) is 0 Å². The molecule has 1 aliphatic carbocycles. The van der Waals surface area contributed by atoms with Gasteiger partial charge in [-0.05, 0) is 61.1 Å². The topological polar surface area (TPSA) is 102 Å². The third kappa shape index (κ3) is 5.46. The van der Waals surface area contributed by atoms with Gasteiger partial charge in [0.05, 0.1) is 10.5 Å². The van der Waals surface area contributed by atoms with Crippen molar-refractivity contribution >= 4 is 27.6 Å². The molecule has 30 heavy (non-hydrogen) atoms. The Balaban J connectivity index is 1.58. The number of esters is 1. The molecule has 0 aliphatic heterocycles. The number of anilines is 1. The molecule has 1 aliphatic rings. The number of nitrogens with one attached hydrogen (secondary N) is 2. The van der Waals surface area contributed by atoms with Crippen LogP contribution in [0.3, 0.4) is 0 Å². The van der Waals surface area contributed by atoms with E-state index in [9.17, 15) is 18.0 Å². The zero-order valence-electron chi connectivity index (χ0n) is 17.1. The van der Waals surface area contributed by atoms with Gasteiger partial charge in [0.25, 0.3) is 5.91 Å². The minimum atomic E-state index is -3.58. The van der Waals surface area contributed by atoms with E-state index in [1.165, 1.54) is 24.3 Å². The predicted molar refractivity (Wildman–Crippen MR) is 114 cm³/mol. The first-order valence-corrected chi connectivity index (χ1v) is 11.5. The van der Waals surface area contributed by atoms with Gasteiger partial charge in [-0.1, -0.05) is 32.0 Å². The van der Waals surface area contributed by atoms with Crippen LogP contribution in [0.25, 0.3) is 0 Å². The Morgan fingerprint density at radius 1 is 1.00 bits per heavy atom. The normalized spacial score (nSPS) is 13.7. The van der Waals surface area contributed by atoms with Crippen LogP contribution in [-0.2, 0) is 32.4 Å². The molecule has 2 N–H and O–H groups in total. The van der Waals surface area contributed by atoms with Crippen LogP contribution in [0.4, 0.5) is 5.69 Å². The van der Waals surface area contributed by atoms with Gasteiger partial charge in [-0.25, -0.2) is 17.9 Å². The number of hydrogen-bond donors (Lipinski definition) is 2. The highest BCUT2D eigenvalue weighted by Crippen LogP contribution is 2.23. The first-order chi connectivity index (χ1) is 14.3. The molecule has 1 fully saturated rings. The molecule has 0 unspecified atom stereocenters.